The number of benzene rings is 4. The summed E-state index contributed by atoms with van der Waals surface area (Å²) in [5.74, 6) is -2.21. The van der Waals surface area contributed by atoms with Crippen LogP contribution in [0.15, 0.2) is 79.0 Å². The number of carbonyl (C=O) groups is 1. The number of hydrogen-bond acceptors (Lipinski definition) is 14. The van der Waals surface area contributed by atoms with Crippen molar-refractivity contribution in [1.29, 1.82) is 0 Å². The number of piperazine rings is 2. The molecule has 11 rings (SSSR count). The maximum atomic E-state index is 15.9. The largest absolute Gasteiger partial charge is 0.508 e. The van der Waals surface area contributed by atoms with E-state index in [4.69, 9.17) is 4.74 Å². The van der Waals surface area contributed by atoms with Crippen LogP contribution in [-0.4, -0.2) is 147 Å². The summed E-state index contributed by atoms with van der Waals surface area (Å²) < 4.78 is 75.3. The highest BCUT2D eigenvalue weighted by molar-refractivity contribution is 5.99. The highest BCUT2D eigenvalue weighted by Crippen LogP contribution is 2.38. The molecule has 390 valence electrons. The zero-order chi connectivity index (χ0) is 52.1. The van der Waals surface area contributed by atoms with E-state index in [9.17, 15) is 32.6 Å². The molecule has 5 N–H and O–H groups in total. The average molecular weight is 1020 g/mol. The average Bonchev–Trinajstić information content (AvgIpc) is 4.16. The number of rotatable bonds is 10. The smallest absolute Gasteiger partial charge is 0.405 e. The number of fused-ring (bicyclic) bond motifs is 4. The first-order chi connectivity index (χ1) is 35.7. The van der Waals surface area contributed by atoms with Gasteiger partial charge in [0, 0.05) is 86.8 Å². The van der Waals surface area contributed by atoms with Gasteiger partial charge in [-0.15, -0.1) is 10.2 Å². The van der Waals surface area contributed by atoms with Gasteiger partial charge in [-0.05, 0) is 93.0 Å². The summed E-state index contributed by atoms with van der Waals surface area (Å²) in [7, 11) is 3.64. The van der Waals surface area contributed by atoms with Gasteiger partial charge in [0.05, 0.1) is 18.1 Å². The Morgan fingerprint density at radius 1 is 0.878 bits per heavy atom. The van der Waals surface area contributed by atoms with Crippen LogP contribution in [0.25, 0.3) is 50.0 Å². The third-order valence-corrected chi connectivity index (χ3v) is 13.7. The van der Waals surface area contributed by atoms with Crippen molar-refractivity contribution < 1.29 is 41.7 Å². The molecule has 4 aromatic carbocycles. The molecule has 3 aromatic heterocycles. The van der Waals surface area contributed by atoms with Gasteiger partial charge in [0.2, 0.25) is 5.82 Å². The molecule has 4 saturated heterocycles. The predicted octanol–water partition coefficient (Wildman–Crippen LogP) is 7.39. The quantitative estimate of drug-likeness (QED) is 0.0856. The van der Waals surface area contributed by atoms with Gasteiger partial charge in [0.15, 0.2) is 11.6 Å². The van der Waals surface area contributed by atoms with E-state index in [1.165, 1.54) is 49.7 Å². The molecule has 7 heterocycles. The molecule has 4 fully saturated rings. The molecule has 0 aliphatic carbocycles. The molecule has 2 bridgehead atoms. The number of phenolic OH excluding ortho intramolecular Hbond substituents is 2. The molecule has 0 spiro atoms. The minimum Gasteiger partial charge on any atom is -0.508 e. The number of ether oxygens (including phenoxy) is 1. The summed E-state index contributed by atoms with van der Waals surface area (Å²) in [6, 6.07) is 20.8. The zero-order valence-electron chi connectivity index (χ0n) is 41.4. The van der Waals surface area contributed by atoms with Gasteiger partial charge in [-0.25, -0.2) is 8.78 Å². The fraction of sp³-hybridized carbons (Fsp3) is 0.396. The topological polar surface area (TPSA) is 182 Å². The van der Waals surface area contributed by atoms with Crippen molar-refractivity contribution in [3.8, 4) is 45.8 Å². The van der Waals surface area contributed by atoms with Crippen LogP contribution in [0.3, 0.4) is 0 Å². The van der Waals surface area contributed by atoms with Crippen molar-refractivity contribution in [3.05, 3.63) is 108 Å². The number of halogens is 5. The second-order valence-electron chi connectivity index (χ2n) is 18.9. The number of amides is 1. The highest BCUT2D eigenvalue weighted by Gasteiger charge is 2.35. The highest BCUT2D eigenvalue weighted by atomic mass is 19.4. The van der Waals surface area contributed by atoms with E-state index < -0.39 is 30.3 Å². The van der Waals surface area contributed by atoms with E-state index in [0.717, 1.165) is 70.3 Å². The number of aryl methyl sites for hydroxylation is 1. The van der Waals surface area contributed by atoms with E-state index in [2.05, 4.69) is 57.5 Å². The molecule has 7 aromatic rings. The lowest BCUT2D eigenvalue weighted by Crippen LogP contribution is -2.51. The number of pyridine rings is 1. The van der Waals surface area contributed by atoms with E-state index >= 15 is 4.39 Å². The Morgan fingerprint density at radius 3 is 2.23 bits per heavy atom. The van der Waals surface area contributed by atoms with Crippen LogP contribution in [0.4, 0.5) is 27.8 Å². The van der Waals surface area contributed by atoms with Gasteiger partial charge in [0.1, 0.15) is 40.9 Å². The molecule has 0 saturated carbocycles. The van der Waals surface area contributed by atoms with E-state index in [1.54, 1.807) is 48.7 Å². The van der Waals surface area contributed by atoms with Gasteiger partial charge < -0.3 is 40.7 Å². The number of carbonyl (C=O) groups excluding carboxylic acids is 1. The van der Waals surface area contributed by atoms with Crippen molar-refractivity contribution in [2.45, 2.75) is 63.8 Å². The van der Waals surface area contributed by atoms with Crippen molar-refractivity contribution in [2.24, 2.45) is 0 Å². The Morgan fingerprint density at radius 2 is 1.58 bits per heavy atom. The van der Waals surface area contributed by atoms with Gasteiger partial charge >= 0.3 is 12.2 Å². The van der Waals surface area contributed by atoms with Crippen molar-refractivity contribution in [3.63, 3.8) is 0 Å². The Bertz CT molecular complexity index is 3090. The molecule has 1 amide bonds. The van der Waals surface area contributed by atoms with E-state index in [-0.39, 0.29) is 45.9 Å². The fourth-order valence-electron chi connectivity index (χ4n) is 9.95. The summed E-state index contributed by atoms with van der Waals surface area (Å²) >= 11 is 0. The first kappa shape index (κ1) is 51.8. The second kappa shape index (κ2) is 22.6. The van der Waals surface area contributed by atoms with Crippen LogP contribution in [0.2, 0.25) is 0 Å². The molecule has 74 heavy (non-hydrogen) atoms. The number of methoxy groups -OCH3 is 1. The van der Waals surface area contributed by atoms with Gasteiger partial charge in [0.25, 0.3) is 5.91 Å². The van der Waals surface area contributed by atoms with Crippen molar-refractivity contribution in [1.82, 2.24) is 55.5 Å². The minimum atomic E-state index is -4.60. The SMILES string of the molecule is CCc1cc(-c2nnc(C(=O)NCC(F)(F)F)n2-c2ccc(CN3CCNCC3)cc2)c(O)cc1O.CN1CCCC1.COc1nc(N2CC3CCC(C2)N3)c2cnc(-c3cccc4cccc(F)c34)c(F)c2n1. The lowest BCUT2D eigenvalue weighted by molar-refractivity contribution is -0.123. The third-order valence-electron chi connectivity index (χ3n) is 13.7. The fourth-order valence-corrected chi connectivity index (χ4v) is 9.95. The standard InChI is InChI=1S/C24H27F3N6O3.C24H21F2N5O.C5H11N/c1-2-16-11-18(20(35)12-19(16)34)21-30-31-22(23(36)29-14-24(25,26)27)33(21)17-5-3-15(4-6-17)13-32-9-7-28-8-10-32;1-32-24-29-22-17(23(30-24)31-11-14-8-9-15(12-31)28-14)10-27-21(20(22)26)16-6-2-4-13-5-3-7-18(25)19(13)16;1-6-4-2-3-5-6/h3-6,11-12,28,34-35H,2,7-10,13-14H2,1H3,(H,29,36);2-7,10,14-15,28H,8-9,11-12H2,1H3;2-5H2,1H3. The lowest BCUT2D eigenvalue weighted by Gasteiger charge is -2.34. The van der Waals surface area contributed by atoms with Crippen LogP contribution >= 0.6 is 0 Å². The summed E-state index contributed by atoms with van der Waals surface area (Å²) in [6.07, 6.45) is 2.50. The normalized spacial score (nSPS) is 18.0. The molecule has 4 aliphatic heterocycles. The number of hydrogen-bond donors (Lipinski definition) is 5. The van der Waals surface area contributed by atoms with Gasteiger partial charge in [-0.1, -0.05) is 49.4 Å². The van der Waals surface area contributed by atoms with Crippen molar-refractivity contribution in [2.75, 3.05) is 78.0 Å². The van der Waals surface area contributed by atoms with Gasteiger partial charge in [-0.3, -0.25) is 19.2 Å². The van der Waals surface area contributed by atoms with Crippen LogP contribution in [0.1, 0.15) is 54.4 Å². The summed E-state index contributed by atoms with van der Waals surface area (Å²) in [6.45, 7) is 8.88. The molecule has 2 unspecified atom stereocenters. The Balaban J connectivity index is 0.000000164. The predicted molar refractivity (Wildman–Crippen MR) is 272 cm³/mol. The Labute approximate surface area is 424 Å². The number of nitrogens with zero attached hydrogens (tertiary/aromatic N) is 9. The molecule has 0 radical (unpaired) electrons. The number of aromatic hydroxyl groups is 2. The Hall–Kier alpha value is -7.07. The molecular weight excluding hydrogens is 964 g/mol. The van der Waals surface area contributed by atoms with Crippen LogP contribution in [-0.2, 0) is 13.0 Å². The number of nitrogens with one attached hydrogen (secondary N) is 3. The Kier molecular flexibility index (Phi) is 15.8. The van der Waals surface area contributed by atoms with Crippen LogP contribution in [0.5, 0.6) is 17.5 Å². The molecular formula is C53H59F5N12O4. The molecule has 4 aliphatic rings. The van der Waals surface area contributed by atoms with Crippen LogP contribution in [0, 0.1) is 11.6 Å². The van der Waals surface area contributed by atoms with Crippen molar-refractivity contribution >= 4 is 33.4 Å². The van der Waals surface area contributed by atoms with Gasteiger partial charge in [-0.2, -0.15) is 23.1 Å². The summed E-state index contributed by atoms with van der Waals surface area (Å²) in [4.78, 5) is 32.8. The lowest BCUT2D eigenvalue weighted by atomic mass is 10.0. The first-order valence-corrected chi connectivity index (χ1v) is 24.8. The summed E-state index contributed by atoms with van der Waals surface area (Å²) in [5, 5.41) is 38.7. The maximum absolute atomic E-state index is 15.9. The minimum absolute atomic E-state index is 0.0502. The first-order valence-electron chi connectivity index (χ1n) is 24.8. The maximum Gasteiger partial charge on any atom is 0.405 e. The zero-order valence-corrected chi connectivity index (χ0v) is 41.4. The molecule has 2 atom stereocenters. The monoisotopic (exact) mass is 1020 g/mol. The number of aromatic nitrogens is 6. The number of anilines is 1. The second-order valence-corrected chi connectivity index (χ2v) is 18.9. The summed E-state index contributed by atoms with van der Waals surface area (Å²) in [5.41, 5.74) is 2.72. The number of alkyl halides is 3. The van der Waals surface area contributed by atoms with E-state index in [0.29, 0.717) is 57.3 Å². The number of likely N-dealkylation sites (tertiary alicyclic amines) is 1. The van der Waals surface area contributed by atoms with Crippen LogP contribution < -0.4 is 25.6 Å². The van der Waals surface area contributed by atoms with E-state index in [1.807, 2.05) is 24.4 Å². The third kappa shape index (κ3) is 11.6. The molecule has 16 nitrogen and oxygen atoms in total. The number of phenols is 2. The molecule has 21 heteroatoms.